The summed E-state index contributed by atoms with van der Waals surface area (Å²) in [4.78, 5) is 2.53. The molecule has 0 aromatic carbocycles. The molecule has 2 nitrogen and oxygen atoms in total. The van der Waals surface area contributed by atoms with Crippen molar-refractivity contribution in [3.05, 3.63) is 0 Å². The molecule has 0 unspecified atom stereocenters. The lowest BCUT2D eigenvalue weighted by molar-refractivity contribution is 0.281. The van der Waals surface area contributed by atoms with Crippen molar-refractivity contribution in [2.24, 2.45) is 0 Å². The van der Waals surface area contributed by atoms with E-state index in [9.17, 15) is 0 Å². The summed E-state index contributed by atoms with van der Waals surface area (Å²) in [6.45, 7) is 9.34. The first-order valence-electron chi connectivity index (χ1n) is 6.40. The lowest BCUT2D eigenvalue weighted by Gasteiger charge is -2.25. The van der Waals surface area contributed by atoms with Gasteiger partial charge in [0.25, 0.3) is 0 Å². The monoisotopic (exact) mass is 230 g/mol. The van der Waals surface area contributed by atoms with Crippen molar-refractivity contribution in [2.75, 3.05) is 37.7 Å². The van der Waals surface area contributed by atoms with Crippen LogP contribution in [0.4, 0.5) is 0 Å². The number of rotatable bonds is 7. The van der Waals surface area contributed by atoms with Crippen LogP contribution in [0.15, 0.2) is 0 Å². The van der Waals surface area contributed by atoms with Crippen molar-refractivity contribution in [3.8, 4) is 0 Å². The van der Waals surface area contributed by atoms with Crippen molar-refractivity contribution in [3.63, 3.8) is 0 Å². The van der Waals surface area contributed by atoms with Gasteiger partial charge in [-0.25, -0.2) is 0 Å². The van der Waals surface area contributed by atoms with Crippen molar-refractivity contribution < 1.29 is 0 Å². The third-order valence-corrected chi connectivity index (χ3v) is 4.12. The average molecular weight is 230 g/mol. The molecule has 0 atom stereocenters. The maximum atomic E-state index is 3.69. The van der Waals surface area contributed by atoms with Gasteiger partial charge >= 0.3 is 0 Å². The van der Waals surface area contributed by atoms with Gasteiger partial charge in [0.1, 0.15) is 0 Å². The van der Waals surface area contributed by atoms with Crippen LogP contribution >= 0.6 is 11.8 Å². The maximum Gasteiger partial charge on any atom is 0.0107 e. The molecule has 0 radical (unpaired) electrons. The van der Waals surface area contributed by atoms with Crippen LogP contribution in [-0.2, 0) is 0 Å². The van der Waals surface area contributed by atoms with Gasteiger partial charge in [0.05, 0.1) is 0 Å². The molecule has 1 rings (SSSR count). The largest absolute Gasteiger partial charge is 0.313 e. The number of hydrogen-bond acceptors (Lipinski definition) is 3. The van der Waals surface area contributed by atoms with Gasteiger partial charge in [-0.3, -0.25) is 0 Å². The van der Waals surface area contributed by atoms with Crippen LogP contribution in [0.3, 0.4) is 0 Å². The first-order valence-corrected chi connectivity index (χ1v) is 7.55. The summed E-state index contributed by atoms with van der Waals surface area (Å²) in [5, 5.41) is 3.69. The molecule has 15 heavy (non-hydrogen) atoms. The Morgan fingerprint density at radius 2 is 1.93 bits per heavy atom. The van der Waals surface area contributed by atoms with E-state index in [0.717, 1.165) is 6.04 Å². The Morgan fingerprint density at radius 1 is 1.20 bits per heavy atom. The first-order chi connectivity index (χ1) is 7.36. The zero-order valence-electron chi connectivity index (χ0n) is 10.3. The second kappa shape index (κ2) is 8.43. The van der Waals surface area contributed by atoms with Crippen LogP contribution in [0.5, 0.6) is 0 Å². The smallest absolute Gasteiger partial charge is 0.0107 e. The molecule has 0 saturated carbocycles. The van der Waals surface area contributed by atoms with Crippen molar-refractivity contribution in [1.29, 1.82) is 0 Å². The SMILES string of the molecule is CCCN(CC)CCNC1CCSCC1. The second-order valence-corrected chi connectivity index (χ2v) is 5.50. The fourth-order valence-corrected chi connectivity index (χ4v) is 3.18. The van der Waals surface area contributed by atoms with E-state index in [0.29, 0.717) is 0 Å². The zero-order valence-corrected chi connectivity index (χ0v) is 11.1. The third kappa shape index (κ3) is 5.79. The Balaban J connectivity index is 2.03. The predicted molar refractivity (Wildman–Crippen MR) is 70.8 cm³/mol. The highest BCUT2D eigenvalue weighted by Crippen LogP contribution is 2.16. The molecule has 1 heterocycles. The van der Waals surface area contributed by atoms with Gasteiger partial charge in [-0.1, -0.05) is 13.8 Å². The van der Waals surface area contributed by atoms with E-state index in [2.05, 4.69) is 35.8 Å². The Hall–Kier alpha value is 0.270. The summed E-state index contributed by atoms with van der Waals surface area (Å²) in [6.07, 6.45) is 4.00. The first kappa shape index (κ1) is 13.3. The number of hydrogen-bond donors (Lipinski definition) is 1. The summed E-state index contributed by atoms with van der Waals surface area (Å²) in [5.74, 6) is 2.70. The molecule has 3 heteroatoms. The molecule has 1 fully saturated rings. The van der Waals surface area contributed by atoms with Crippen LogP contribution in [0.2, 0.25) is 0 Å². The van der Waals surface area contributed by atoms with Crippen molar-refractivity contribution in [1.82, 2.24) is 10.2 Å². The van der Waals surface area contributed by atoms with E-state index < -0.39 is 0 Å². The predicted octanol–water partition coefficient (Wildman–Crippen LogP) is 2.20. The van der Waals surface area contributed by atoms with Gasteiger partial charge in [0.2, 0.25) is 0 Å². The van der Waals surface area contributed by atoms with Gasteiger partial charge in [0.15, 0.2) is 0 Å². The molecule has 0 aliphatic carbocycles. The van der Waals surface area contributed by atoms with E-state index in [1.54, 1.807) is 0 Å². The molecule has 0 amide bonds. The minimum absolute atomic E-state index is 0.798. The number of nitrogens with one attached hydrogen (secondary N) is 1. The highest BCUT2D eigenvalue weighted by atomic mass is 32.2. The Bertz CT molecular complexity index is 142. The molecule has 0 spiro atoms. The summed E-state index contributed by atoms with van der Waals surface area (Å²) in [7, 11) is 0. The van der Waals surface area contributed by atoms with E-state index >= 15 is 0 Å². The van der Waals surface area contributed by atoms with E-state index in [1.165, 1.54) is 56.9 Å². The van der Waals surface area contributed by atoms with E-state index in [-0.39, 0.29) is 0 Å². The van der Waals surface area contributed by atoms with Gasteiger partial charge < -0.3 is 10.2 Å². The third-order valence-electron chi connectivity index (χ3n) is 3.07. The van der Waals surface area contributed by atoms with Crippen LogP contribution in [-0.4, -0.2) is 48.6 Å². The van der Waals surface area contributed by atoms with Crippen LogP contribution < -0.4 is 5.32 Å². The van der Waals surface area contributed by atoms with Crippen LogP contribution in [0, 0.1) is 0 Å². The van der Waals surface area contributed by atoms with Crippen molar-refractivity contribution >= 4 is 11.8 Å². The topological polar surface area (TPSA) is 15.3 Å². The normalized spacial score (nSPS) is 18.6. The Morgan fingerprint density at radius 3 is 2.53 bits per heavy atom. The van der Waals surface area contributed by atoms with E-state index in [4.69, 9.17) is 0 Å². The fraction of sp³-hybridized carbons (Fsp3) is 1.00. The summed E-state index contributed by atoms with van der Waals surface area (Å²) >= 11 is 2.10. The molecule has 0 bridgehead atoms. The second-order valence-electron chi connectivity index (χ2n) is 4.28. The average Bonchev–Trinajstić information content (AvgIpc) is 2.29. The molecule has 1 saturated heterocycles. The van der Waals surface area contributed by atoms with Crippen LogP contribution in [0.25, 0.3) is 0 Å². The summed E-state index contributed by atoms with van der Waals surface area (Å²) in [5.41, 5.74) is 0. The molecule has 0 aromatic rings. The lowest BCUT2D eigenvalue weighted by Crippen LogP contribution is -2.39. The Kier molecular flexibility index (Phi) is 7.49. The number of thioether (sulfide) groups is 1. The zero-order chi connectivity index (χ0) is 10.9. The van der Waals surface area contributed by atoms with Gasteiger partial charge in [-0.15, -0.1) is 0 Å². The Labute approximate surface area is 99.2 Å². The maximum absolute atomic E-state index is 3.69. The standard InChI is InChI=1S/C12H26N2S/c1-3-8-14(4-2)9-7-13-12-5-10-15-11-6-12/h12-13H,3-11H2,1-2H3. The van der Waals surface area contributed by atoms with Crippen LogP contribution in [0.1, 0.15) is 33.1 Å². The number of nitrogens with zero attached hydrogens (tertiary/aromatic N) is 1. The number of likely N-dealkylation sites (N-methyl/N-ethyl adjacent to an activating group) is 1. The van der Waals surface area contributed by atoms with Crippen molar-refractivity contribution in [2.45, 2.75) is 39.2 Å². The molecule has 1 aliphatic rings. The van der Waals surface area contributed by atoms with Gasteiger partial charge in [0, 0.05) is 19.1 Å². The summed E-state index contributed by atoms with van der Waals surface area (Å²) in [6, 6.07) is 0.798. The van der Waals surface area contributed by atoms with E-state index in [1.807, 2.05) is 0 Å². The minimum Gasteiger partial charge on any atom is -0.313 e. The van der Waals surface area contributed by atoms with Gasteiger partial charge in [-0.05, 0) is 43.9 Å². The summed E-state index contributed by atoms with van der Waals surface area (Å²) < 4.78 is 0. The molecule has 0 aromatic heterocycles. The quantitative estimate of drug-likeness (QED) is 0.722. The molecule has 1 aliphatic heterocycles. The van der Waals surface area contributed by atoms with Gasteiger partial charge in [-0.2, -0.15) is 11.8 Å². The molecule has 1 N–H and O–H groups in total. The lowest BCUT2D eigenvalue weighted by atomic mass is 10.1. The molecular weight excluding hydrogens is 204 g/mol. The highest BCUT2D eigenvalue weighted by molar-refractivity contribution is 7.99. The molecular formula is C12H26N2S. The fourth-order valence-electron chi connectivity index (χ4n) is 2.07. The minimum atomic E-state index is 0.798. The highest BCUT2D eigenvalue weighted by Gasteiger charge is 2.12. The molecule has 90 valence electrons.